The third kappa shape index (κ3) is 3.68. The van der Waals surface area contributed by atoms with Gasteiger partial charge in [0.2, 0.25) is 0 Å². The summed E-state index contributed by atoms with van der Waals surface area (Å²) in [5, 5.41) is 4.99. The Balaban J connectivity index is 1.68. The molecule has 1 N–H and O–H groups in total. The number of nitrogens with zero attached hydrogens (tertiary/aromatic N) is 3. The minimum absolute atomic E-state index is 0.0785. The third-order valence-electron chi connectivity index (χ3n) is 5.88. The van der Waals surface area contributed by atoms with Gasteiger partial charge in [-0.1, -0.05) is 29.8 Å². The lowest BCUT2D eigenvalue weighted by atomic mass is 10.0. The second-order valence-electron chi connectivity index (χ2n) is 8.07. The molecule has 2 aromatic carbocycles. The molecule has 3 heterocycles. The second kappa shape index (κ2) is 8.41. The van der Waals surface area contributed by atoms with Crippen LogP contribution in [-0.4, -0.2) is 14.7 Å². The Morgan fingerprint density at radius 1 is 0.938 bits per heavy atom. The van der Waals surface area contributed by atoms with Gasteiger partial charge in [0.05, 0.1) is 11.7 Å². The van der Waals surface area contributed by atoms with Crippen LogP contribution < -0.4 is 10.2 Å². The van der Waals surface area contributed by atoms with Crippen LogP contribution in [0.3, 0.4) is 0 Å². The average Bonchev–Trinajstić information content (AvgIpc) is 3.40. The summed E-state index contributed by atoms with van der Waals surface area (Å²) in [7, 11) is 0. The van der Waals surface area contributed by atoms with Crippen LogP contribution in [0.15, 0.2) is 85.2 Å². The van der Waals surface area contributed by atoms with Gasteiger partial charge >= 0.3 is 0 Å². The van der Waals surface area contributed by atoms with Gasteiger partial charge in [0.25, 0.3) is 0 Å². The number of hydrogen-bond acceptors (Lipinski definition) is 2. The maximum absolute atomic E-state index is 6.30. The van der Waals surface area contributed by atoms with Crippen LogP contribution >= 0.6 is 23.8 Å². The number of halogens is 1. The van der Waals surface area contributed by atoms with E-state index in [1.807, 2.05) is 43.5 Å². The molecule has 1 fully saturated rings. The van der Waals surface area contributed by atoms with Gasteiger partial charge in [-0.25, -0.2) is 0 Å². The molecule has 0 spiro atoms. The number of benzene rings is 2. The fourth-order valence-electron chi connectivity index (χ4n) is 4.36. The zero-order valence-corrected chi connectivity index (χ0v) is 19.4. The van der Waals surface area contributed by atoms with E-state index in [2.05, 4.69) is 75.4 Å². The number of rotatable bonds is 4. The molecule has 5 rings (SSSR count). The van der Waals surface area contributed by atoms with Crippen molar-refractivity contribution in [1.82, 2.24) is 14.9 Å². The number of pyridine rings is 1. The number of hydrogen-bond donors (Lipinski definition) is 1. The topological polar surface area (TPSA) is 33.1 Å². The molecule has 1 aliphatic rings. The lowest BCUT2D eigenvalue weighted by Gasteiger charge is -2.29. The zero-order valence-electron chi connectivity index (χ0n) is 17.9. The highest BCUT2D eigenvalue weighted by Crippen LogP contribution is 2.42. The van der Waals surface area contributed by atoms with E-state index in [9.17, 15) is 0 Å². The standard InChI is InChI=1S/C26H23ClN4S/c1-17-7-5-8-20(15-17)31-25(24(29-26(31)32)22-9-3-4-13-28-22)23-10-6-14-30(23)19-11-12-21(27)18(2)16-19/h3-16,24-25H,1-2H3,(H,29,32)/t24-,25-/m0/s1. The van der Waals surface area contributed by atoms with Gasteiger partial charge in [0.1, 0.15) is 6.04 Å². The van der Waals surface area contributed by atoms with E-state index in [0.29, 0.717) is 5.11 Å². The number of aromatic nitrogens is 2. The highest BCUT2D eigenvalue weighted by atomic mass is 35.5. The Labute approximate surface area is 198 Å². The van der Waals surface area contributed by atoms with E-state index >= 15 is 0 Å². The number of nitrogens with one attached hydrogen (secondary N) is 1. The van der Waals surface area contributed by atoms with Crippen LogP contribution in [0.2, 0.25) is 5.02 Å². The van der Waals surface area contributed by atoms with Crippen molar-refractivity contribution in [3.63, 3.8) is 0 Å². The number of thiocarbonyl (C=S) groups is 1. The molecule has 4 nitrogen and oxygen atoms in total. The summed E-state index contributed by atoms with van der Waals surface area (Å²) in [6.45, 7) is 4.12. The summed E-state index contributed by atoms with van der Waals surface area (Å²) in [4.78, 5) is 6.86. The van der Waals surface area contributed by atoms with Crippen molar-refractivity contribution in [1.29, 1.82) is 0 Å². The maximum atomic E-state index is 6.30. The highest BCUT2D eigenvalue weighted by Gasteiger charge is 2.42. The Hall–Kier alpha value is -3.15. The monoisotopic (exact) mass is 458 g/mol. The van der Waals surface area contributed by atoms with E-state index in [1.54, 1.807) is 0 Å². The Morgan fingerprint density at radius 2 is 1.81 bits per heavy atom. The zero-order chi connectivity index (χ0) is 22.2. The van der Waals surface area contributed by atoms with E-state index in [0.717, 1.165) is 33.3 Å². The average molecular weight is 459 g/mol. The molecule has 0 aliphatic carbocycles. The summed E-state index contributed by atoms with van der Waals surface area (Å²) in [6, 6.07) is 24.6. The van der Waals surface area contributed by atoms with Crippen LogP contribution in [0.4, 0.5) is 5.69 Å². The van der Waals surface area contributed by atoms with Crippen molar-refractivity contribution in [2.45, 2.75) is 25.9 Å². The van der Waals surface area contributed by atoms with Crippen LogP contribution in [0, 0.1) is 13.8 Å². The van der Waals surface area contributed by atoms with Crippen LogP contribution in [-0.2, 0) is 0 Å². The molecule has 4 aromatic rings. The fourth-order valence-corrected chi connectivity index (χ4v) is 4.82. The van der Waals surface area contributed by atoms with Gasteiger partial charge in [-0.3, -0.25) is 4.98 Å². The van der Waals surface area contributed by atoms with Crippen LogP contribution in [0.5, 0.6) is 0 Å². The molecule has 0 amide bonds. The van der Waals surface area contributed by atoms with Crippen LogP contribution in [0.25, 0.3) is 5.69 Å². The molecule has 0 unspecified atom stereocenters. The Kier molecular flexibility index (Phi) is 5.45. The van der Waals surface area contributed by atoms with E-state index in [1.165, 1.54) is 5.56 Å². The first-order valence-electron chi connectivity index (χ1n) is 10.5. The van der Waals surface area contributed by atoms with Crippen molar-refractivity contribution >= 4 is 34.6 Å². The minimum Gasteiger partial charge on any atom is -0.351 e. The summed E-state index contributed by atoms with van der Waals surface area (Å²) in [5.74, 6) is 0. The molecule has 160 valence electrons. The molecule has 0 radical (unpaired) electrons. The second-order valence-corrected chi connectivity index (χ2v) is 8.87. The van der Waals surface area contributed by atoms with Crippen molar-refractivity contribution in [3.05, 3.63) is 113 Å². The molecule has 0 saturated carbocycles. The summed E-state index contributed by atoms with van der Waals surface area (Å²) in [5.41, 5.74) is 6.43. The molecule has 0 bridgehead atoms. The molecule has 2 aromatic heterocycles. The first-order chi connectivity index (χ1) is 15.5. The van der Waals surface area contributed by atoms with Gasteiger partial charge in [-0.05, 0) is 91.8 Å². The van der Waals surface area contributed by atoms with E-state index < -0.39 is 0 Å². The molecular formula is C26H23ClN4S. The van der Waals surface area contributed by atoms with Gasteiger partial charge in [-0.15, -0.1) is 0 Å². The van der Waals surface area contributed by atoms with Gasteiger partial charge in [0, 0.05) is 34.5 Å². The Bertz CT molecular complexity index is 1280. The van der Waals surface area contributed by atoms with Gasteiger partial charge in [-0.2, -0.15) is 0 Å². The molecule has 6 heteroatoms. The molecule has 32 heavy (non-hydrogen) atoms. The van der Waals surface area contributed by atoms with Crippen molar-refractivity contribution in [3.8, 4) is 5.69 Å². The Morgan fingerprint density at radius 3 is 2.56 bits per heavy atom. The maximum Gasteiger partial charge on any atom is 0.174 e. The predicted octanol–water partition coefficient (Wildman–Crippen LogP) is 6.32. The predicted molar refractivity (Wildman–Crippen MR) is 135 cm³/mol. The quantitative estimate of drug-likeness (QED) is 0.363. The van der Waals surface area contributed by atoms with Crippen LogP contribution in [0.1, 0.15) is 34.6 Å². The lowest BCUT2D eigenvalue weighted by molar-refractivity contribution is 0.549. The van der Waals surface area contributed by atoms with E-state index in [-0.39, 0.29) is 12.1 Å². The van der Waals surface area contributed by atoms with Gasteiger partial charge < -0.3 is 14.8 Å². The summed E-state index contributed by atoms with van der Waals surface area (Å²) >= 11 is 12.1. The van der Waals surface area contributed by atoms with Crippen molar-refractivity contribution in [2.24, 2.45) is 0 Å². The van der Waals surface area contributed by atoms with Crippen molar-refractivity contribution in [2.75, 3.05) is 4.90 Å². The summed E-state index contributed by atoms with van der Waals surface area (Å²) < 4.78 is 2.21. The normalized spacial score (nSPS) is 18.1. The number of aryl methyl sites for hydroxylation is 2. The molecule has 1 saturated heterocycles. The highest BCUT2D eigenvalue weighted by molar-refractivity contribution is 7.80. The SMILES string of the molecule is Cc1cccc(N2C(=S)N[C@@H](c3ccccn3)[C@@H]2c2cccn2-c2ccc(Cl)c(C)c2)c1. The summed E-state index contributed by atoms with van der Waals surface area (Å²) in [6.07, 6.45) is 3.91. The molecular weight excluding hydrogens is 436 g/mol. The number of anilines is 1. The lowest BCUT2D eigenvalue weighted by Crippen LogP contribution is -2.30. The van der Waals surface area contributed by atoms with Crippen molar-refractivity contribution < 1.29 is 0 Å². The van der Waals surface area contributed by atoms with Gasteiger partial charge in [0.15, 0.2) is 5.11 Å². The fraction of sp³-hybridized carbons (Fsp3) is 0.154. The molecule has 1 aliphatic heterocycles. The van der Waals surface area contributed by atoms with E-state index in [4.69, 9.17) is 23.8 Å². The third-order valence-corrected chi connectivity index (χ3v) is 6.62. The molecule has 2 atom stereocenters. The first kappa shape index (κ1) is 20.7. The largest absolute Gasteiger partial charge is 0.351 e. The smallest absolute Gasteiger partial charge is 0.174 e. The first-order valence-corrected chi connectivity index (χ1v) is 11.3. The minimum atomic E-state index is -0.0914.